The van der Waals surface area contributed by atoms with E-state index in [4.69, 9.17) is 9.47 Å². The van der Waals surface area contributed by atoms with Crippen molar-refractivity contribution in [3.05, 3.63) is 71.8 Å². The number of Topliss-reactive ketones (excluding diaryl/α,β-unsaturated/α-hetero) is 1. The predicted octanol–water partition coefficient (Wildman–Crippen LogP) is 3.03. The summed E-state index contributed by atoms with van der Waals surface area (Å²) >= 11 is 0. The molecule has 0 saturated carbocycles. The quantitative estimate of drug-likeness (QED) is 0.610. The van der Waals surface area contributed by atoms with Crippen molar-refractivity contribution in [2.24, 2.45) is 5.92 Å². The summed E-state index contributed by atoms with van der Waals surface area (Å²) in [7, 11) is 1.20. The van der Waals surface area contributed by atoms with Crippen LogP contribution in [0.4, 0.5) is 4.79 Å². The van der Waals surface area contributed by atoms with Gasteiger partial charge in [0.1, 0.15) is 18.3 Å². The number of esters is 1. The van der Waals surface area contributed by atoms with Gasteiger partial charge in [-0.3, -0.25) is 9.59 Å². The molecule has 0 spiro atoms. The van der Waals surface area contributed by atoms with Gasteiger partial charge in [0.2, 0.25) is 0 Å². The van der Waals surface area contributed by atoms with Gasteiger partial charge >= 0.3 is 12.1 Å². The molecule has 0 aliphatic carbocycles. The third-order valence-electron chi connectivity index (χ3n) is 3.87. The van der Waals surface area contributed by atoms with Gasteiger partial charge in [-0.15, -0.1) is 0 Å². The first-order chi connectivity index (χ1) is 12.5. The molecule has 0 saturated heterocycles. The van der Waals surface area contributed by atoms with Gasteiger partial charge in [-0.25, -0.2) is 4.79 Å². The Bertz CT molecular complexity index is 745. The number of alkyl carbamates (subject to hydrolysis) is 1. The lowest BCUT2D eigenvalue weighted by atomic mass is 9.90. The first-order valence-corrected chi connectivity index (χ1v) is 8.13. The molecule has 136 valence electrons. The van der Waals surface area contributed by atoms with Crippen LogP contribution in [0.25, 0.3) is 0 Å². The number of carbonyl (C=O) groups is 3. The molecule has 1 amide bonds. The van der Waals surface area contributed by atoms with E-state index in [2.05, 4.69) is 5.32 Å². The van der Waals surface area contributed by atoms with Gasteiger partial charge < -0.3 is 14.8 Å². The zero-order valence-electron chi connectivity index (χ0n) is 14.7. The van der Waals surface area contributed by atoms with Gasteiger partial charge in [0.25, 0.3) is 0 Å². The Balaban J connectivity index is 2.17. The monoisotopic (exact) mass is 355 g/mol. The van der Waals surface area contributed by atoms with Crippen LogP contribution in [-0.2, 0) is 25.7 Å². The number of hydrogen-bond donors (Lipinski definition) is 1. The highest BCUT2D eigenvalue weighted by molar-refractivity contribution is 5.99. The number of methoxy groups -OCH3 is 1. The maximum absolute atomic E-state index is 12.2. The largest absolute Gasteiger partial charge is 0.468 e. The van der Waals surface area contributed by atoms with Gasteiger partial charge in [-0.2, -0.15) is 0 Å². The lowest BCUT2D eigenvalue weighted by molar-refractivity contribution is -0.150. The second-order valence-corrected chi connectivity index (χ2v) is 5.71. The minimum absolute atomic E-state index is 0.0805. The number of rotatable bonds is 7. The summed E-state index contributed by atoms with van der Waals surface area (Å²) in [5, 5.41) is 2.62. The van der Waals surface area contributed by atoms with Crippen molar-refractivity contribution < 1.29 is 23.9 Å². The number of ether oxygens (including phenoxy) is 2. The van der Waals surface area contributed by atoms with E-state index in [0.717, 1.165) is 5.56 Å². The summed E-state index contributed by atoms with van der Waals surface area (Å²) in [6.07, 6.45) is -0.724. The number of carbonyl (C=O) groups excluding carboxylic acids is 3. The van der Waals surface area contributed by atoms with E-state index in [0.29, 0.717) is 5.56 Å². The maximum atomic E-state index is 12.2. The average Bonchev–Trinajstić information content (AvgIpc) is 2.67. The molecule has 2 aromatic carbocycles. The highest BCUT2D eigenvalue weighted by Crippen LogP contribution is 2.24. The molecule has 0 aliphatic rings. The summed E-state index contributed by atoms with van der Waals surface area (Å²) in [5.41, 5.74) is 1.43. The van der Waals surface area contributed by atoms with E-state index >= 15 is 0 Å². The molecule has 0 aromatic heterocycles. The van der Waals surface area contributed by atoms with Crippen LogP contribution in [0.15, 0.2) is 60.7 Å². The molecule has 2 rings (SSSR count). The van der Waals surface area contributed by atoms with E-state index in [1.54, 1.807) is 30.3 Å². The fourth-order valence-electron chi connectivity index (χ4n) is 2.57. The number of benzene rings is 2. The number of ketones is 1. The van der Waals surface area contributed by atoms with Gasteiger partial charge in [0, 0.05) is 0 Å². The Morgan fingerprint density at radius 2 is 1.54 bits per heavy atom. The molecule has 0 aliphatic heterocycles. The molecule has 2 aromatic rings. The molecule has 6 heteroatoms. The lowest BCUT2D eigenvalue weighted by Gasteiger charge is -2.24. The third kappa shape index (κ3) is 5.17. The molecule has 0 radical (unpaired) electrons. The van der Waals surface area contributed by atoms with Crippen molar-refractivity contribution in [2.45, 2.75) is 19.6 Å². The Labute approximate surface area is 152 Å². The second kappa shape index (κ2) is 9.36. The summed E-state index contributed by atoms with van der Waals surface area (Å²) in [4.78, 5) is 36.4. The Hall–Kier alpha value is -3.15. The van der Waals surface area contributed by atoms with Crippen molar-refractivity contribution >= 4 is 17.8 Å². The summed E-state index contributed by atoms with van der Waals surface area (Å²) < 4.78 is 9.94. The molecule has 0 fully saturated rings. The first-order valence-electron chi connectivity index (χ1n) is 8.13. The summed E-state index contributed by atoms with van der Waals surface area (Å²) in [6, 6.07) is 17.1. The zero-order valence-corrected chi connectivity index (χ0v) is 14.7. The standard InChI is InChI=1S/C20H21NO5/c1-14(22)17(19(23)25-2)18(16-11-7-4-8-12-16)21-20(24)26-13-15-9-5-3-6-10-15/h3-12,17-18H,13H2,1-2H3,(H,21,24). The van der Waals surface area contributed by atoms with Gasteiger partial charge in [0.15, 0.2) is 0 Å². The number of hydrogen-bond acceptors (Lipinski definition) is 5. The van der Waals surface area contributed by atoms with Crippen molar-refractivity contribution in [1.82, 2.24) is 5.32 Å². The normalized spacial score (nSPS) is 12.5. The third-order valence-corrected chi connectivity index (χ3v) is 3.87. The molecule has 1 N–H and O–H groups in total. The Morgan fingerprint density at radius 3 is 2.08 bits per heavy atom. The Kier molecular flexibility index (Phi) is 6.91. The first kappa shape index (κ1) is 19.2. The number of amides is 1. The average molecular weight is 355 g/mol. The molecular formula is C20H21NO5. The van der Waals surface area contributed by atoms with Crippen LogP contribution in [0.2, 0.25) is 0 Å². The van der Waals surface area contributed by atoms with Crippen LogP contribution >= 0.6 is 0 Å². The van der Waals surface area contributed by atoms with E-state index in [1.165, 1.54) is 14.0 Å². The SMILES string of the molecule is COC(=O)C(C(C)=O)C(NC(=O)OCc1ccccc1)c1ccccc1. The van der Waals surface area contributed by atoms with Gasteiger partial charge in [0.05, 0.1) is 13.2 Å². The van der Waals surface area contributed by atoms with Gasteiger partial charge in [-0.05, 0) is 18.1 Å². The van der Waals surface area contributed by atoms with Gasteiger partial charge in [-0.1, -0.05) is 60.7 Å². The Morgan fingerprint density at radius 1 is 0.962 bits per heavy atom. The van der Waals surface area contributed by atoms with Crippen molar-refractivity contribution in [2.75, 3.05) is 7.11 Å². The summed E-state index contributed by atoms with van der Waals surface area (Å²) in [6.45, 7) is 1.37. The highest BCUT2D eigenvalue weighted by atomic mass is 16.5. The minimum Gasteiger partial charge on any atom is -0.468 e. The summed E-state index contributed by atoms with van der Waals surface area (Å²) in [5.74, 6) is -2.28. The topological polar surface area (TPSA) is 81.7 Å². The van der Waals surface area contributed by atoms with E-state index < -0.39 is 29.8 Å². The lowest BCUT2D eigenvalue weighted by Crippen LogP contribution is -2.40. The van der Waals surface area contributed by atoms with Crippen LogP contribution < -0.4 is 5.32 Å². The fourth-order valence-corrected chi connectivity index (χ4v) is 2.57. The minimum atomic E-state index is -1.16. The van der Waals surface area contributed by atoms with Crippen LogP contribution in [-0.4, -0.2) is 25.0 Å². The van der Waals surface area contributed by atoms with Crippen LogP contribution in [0.3, 0.4) is 0 Å². The molecule has 0 heterocycles. The molecule has 0 bridgehead atoms. The van der Waals surface area contributed by atoms with Crippen molar-refractivity contribution in [3.8, 4) is 0 Å². The van der Waals surface area contributed by atoms with E-state index in [1.807, 2.05) is 30.3 Å². The van der Waals surface area contributed by atoms with E-state index in [-0.39, 0.29) is 6.61 Å². The van der Waals surface area contributed by atoms with Crippen LogP contribution in [0, 0.1) is 5.92 Å². The zero-order chi connectivity index (χ0) is 18.9. The molecule has 26 heavy (non-hydrogen) atoms. The predicted molar refractivity (Wildman–Crippen MR) is 95.1 cm³/mol. The van der Waals surface area contributed by atoms with Crippen molar-refractivity contribution in [1.29, 1.82) is 0 Å². The second-order valence-electron chi connectivity index (χ2n) is 5.71. The maximum Gasteiger partial charge on any atom is 0.407 e. The molecule has 2 unspecified atom stereocenters. The van der Waals surface area contributed by atoms with Crippen molar-refractivity contribution in [3.63, 3.8) is 0 Å². The van der Waals surface area contributed by atoms with Crippen LogP contribution in [0.1, 0.15) is 24.1 Å². The van der Waals surface area contributed by atoms with E-state index in [9.17, 15) is 14.4 Å². The smallest absolute Gasteiger partial charge is 0.407 e. The van der Waals surface area contributed by atoms with Crippen LogP contribution in [0.5, 0.6) is 0 Å². The molecule has 2 atom stereocenters. The number of nitrogens with one attached hydrogen (secondary N) is 1. The fraction of sp³-hybridized carbons (Fsp3) is 0.250. The highest BCUT2D eigenvalue weighted by Gasteiger charge is 2.35. The molecule has 6 nitrogen and oxygen atoms in total. The molecular weight excluding hydrogens is 334 g/mol.